The van der Waals surface area contributed by atoms with Gasteiger partial charge in [0.25, 0.3) is 0 Å². The third kappa shape index (κ3) is 10.6. The summed E-state index contributed by atoms with van der Waals surface area (Å²) in [6.45, 7) is 13.8. The fourth-order valence-corrected chi connectivity index (χ4v) is 7.66. The van der Waals surface area contributed by atoms with Gasteiger partial charge in [0.1, 0.15) is 0 Å². The second kappa shape index (κ2) is 16.3. The zero-order valence-corrected chi connectivity index (χ0v) is 22.0. The van der Waals surface area contributed by atoms with Gasteiger partial charge in [-0.2, -0.15) is 0 Å². The first-order valence-electron chi connectivity index (χ1n) is 11.8. The molecule has 158 valence electrons. The first kappa shape index (κ1) is 26.4. The molecule has 26 heavy (non-hydrogen) atoms. The molecular formula is C22H50O2Si2. The molecule has 0 aromatic rings. The van der Waals surface area contributed by atoms with Crippen LogP contribution in [0.25, 0.3) is 0 Å². The Bertz CT molecular complexity index is 269. The topological polar surface area (TPSA) is 18.5 Å². The Labute approximate surface area is 170 Å². The van der Waals surface area contributed by atoms with E-state index < -0.39 is 0 Å². The minimum absolute atomic E-state index is 0.217. The van der Waals surface area contributed by atoms with Crippen molar-refractivity contribution in [2.75, 3.05) is 0 Å². The molecule has 4 heteroatoms. The molecule has 0 N–H and O–H groups in total. The number of hydrogen-bond acceptors (Lipinski definition) is 2. The third-order valence-electron chi connectivity index (χ3n) is 5.97. The van der Waals surface area contributed by atoms with Gasteiger partial charge in [0.15, 0.2) is 19.5 Å². The summed E-state index contributed by atoms with van der Waals surface area (Å²) in [4.78, 5) is 0. The normalized spacial score (nSPS) is 13.6. The van der Waals surface area contributed by atoms with Crippen molar-refractivity contribution in [2.45, 2.75) is 142 Å². The average Bonchev–Trinajstić information content (AvgIpc) is 2.64. The molecule has 0 unspecified atom stereocenters. The first-order chi connectivity index (χ1) is 12.6. The Hall–Kier alpha value is 0.354. The van der Waals surface area contributed by atoms with E-state index in [1.54, 1.807) is 0 Å². The molecule has 0 atom stereocenters. The van der Waals surface area contributed by atoms with Crippen LogP contribution in [0.3, 0.4) is 0 Å². The second-order valence-corrected chi connectivity index (χ2v) is 11.0. The third-order valence-corrected chi connectivity index (χ3v) is 9.18. The molecule has 0 aliphatic rings. The van der Waals surface area contributed by atoms with Crippen LogP contribution < -0.4 is 0 Å². The van der Waals surface area contributed by atoms with E-state index in [9.17, 15) is 0 Å². The molecule has 0 radical (unpaired) electrons. The zero-order valence-electron chi connectivity index (χ0n) is 19.1. The lowest BCUT2D eigenvalue weighted by Gasteiger charge is -2.34. The fourth-order valence-electron chi connectivity index (χ4n) is 4.41. The molecule has 2 nitrogen and oxygen atoms in total. The minimum atomic E-state index is -0.352. The Balaban J connectivity index is 3.98. The van der Waals surface area contributed by atoms with Crippen molar-refractivity contribution in [2.24, 2.45) is 0 Å². The van der Waals surface area contributed by atoms with Crippen LogP contribution in [0.1, 0.15) is 119 Å². The van der Waals surface area contributed by atoms with Crippen molar-refractivity contribution in [1.29, 1.82) is 0 Å². The Morgan fingerprint density at radius 1 is 0.538 bits per heavy atom. The largest absolute Gasteiger partial charge is 0.419 e. The van der Waals surface area contributed by atoms with Crippen LogP contribution in [-0.2, 0) is 8.85 Å². The van der Waals surface area contributed by atoms with Gasteiger partial charge >= 0.3 is 0 Å². The molecule has 0 aromatic carbocycles. The highest BCUT2D eigenvalue weighted by Gasteiger charge is 2.27. The van der Waals surface area contributed by atoms with Crippen LogP contribution in [0.2, 0.25) is 12.1 Å². The highest BCUT2D eigenvalue weighted by atomic mass is 28.2. The minimum Gasteiger partial charge on any atom is -0.419 e. The van der Waals surface area contributed by atoms with Crippen molar-refractivity contribution in [3.63, 3.8) is 0 Å². The molecule has 0 aliphatic carbocycles. The maximum Gasteiger partial charge on any atom is 0.162 e. The van der Waals surface area contributed by atoms with E-state index >= 15 is 0 Å². The quantitative estimate of drug-likeness (QED) is 0.186. The van der Waals surface area contributed by atoms with E-state index in [0.717, 1.165) is 0 Å². The Kier molecular flexibility index (Phi) is 16.5. The highest BCUT2D eigenvalue weighted by Crippen LogP contribution is 2.29. The van der Waals surface area contributed by atoms with Gasteiger partial charge < -0.3 is 8.85 Å². The molecule has 0 saturated carbocycles. The Morgan fingerprint density at radius 3 is 1.08 bits per heavy atom. The van der Waals surface area contributed by atoms with Crippen LogP contribution in [0.4, 0.5) is 0 Å². The predicted molar refractivity (Wildman–Crippen MR) is 124 cm³/mol. The molecule has 0 aliphatic heterocycles. The van der Waals surface area contributed by atoms with E-state index in [1.807, 2.05) is 0 Å². The molecule has 0 saturated heterocycles. The lowest BCUT2D eigenvalue weighted by Crippen LogP contribution is -2.33. The molecule has 0 heterocycles. The average molecular weight is 403 g/mol. The van der Waals surface area contributed by atoms with Gasteiger partial charge in [-0.1, -0.05) is 80.1 Å². The number of hydrogen-bond donors (Lipinski definition) is 0. The van der Waals surface area contributed by atoms with Crippen molar-refractivity contribution in [1.82, 2.24) is 0 Å². The van der Waals surface area contributed by atoms with Crippen molar-refractivity contribution in [3.05, 3.63) is 0 Å². The molecule has 0 bridgehead atoms. The summed E-state index contributed by atoms with van der Waals surface area (Å²) in [7, 11) is -0.704. The predicted octanol–water partition coefficient (Wildman–Crippen LogP) is 6.30. The number of unbranched alkanes of at least 4 members (excludes halogenated alkanes) is 1. The maximum absolute atomic E-state index is 6.52. The summed E-state index contributed by atoms with van der Waals surface area (Å²) in [5, 5.41) is 0. The van der Waals surface area contributed by atoms with Crippen molar-refractivity contribution >= 4 is 19.5 Å². The van der Waals surface area contributed by atoms with Gasteiger partial charge in [-0.3, -0.25) is 0 Å². The summed E-state index contributed by atoms with van der Waals surface area (Å²) in [6.07, 6.45) is 15.1. The SMILES string of the molecule is CCCC(CC)(CCC)O[SiH2]CCCC[SiH2]OC(CC)(CCC)CCC. The van der Waals surface area contributed by atoms with Crippen LogP contribution in [0.15, 0.2) is 0 Å². The van der Waals surface area contributed by atoms with Crippen molar-refractivity contribution < 1.29 is 8.85 Å². The summed E-state index contributed by atoms with van der Waals surface area (Å²) >= 11 is 0. The van der Waals surface area contributed by atoms with Gasteiger partial charge in [-0.15, -0.1) is 0 Å². The molecule has 0 spiro atoms. The van der Waals surface area contributed by atoms with E-state index in [-0.39, 0.29) is 30.7 Å². The fraction of sp³-hybridized carbons (Fsp3) is 1.00. The summed E-state index contributed by atoms with van der Waals surface area (Å²) in [6, 6.07) is 2.71. The Morgan fingerprint density at radius 2 is 0.846 bits per heavy atom. The second-order valence-electron chi connectivity index (χ2n) is 8.18. The summed E-state index contributed by atoms with van der Waals surface area (Å²) in [5.41, 5.74) is 0.434. The van der Waals surface area contributed by atoms with E-state index in [4.69, 9.17) is 8.85 Å². The smallest absolute Gasteiger partial charge is 0.162 e. The summed E-state index contributed by atoms with van der Waals surface area (Å²) < 4.78 is 13.0. The van der Waals surface area contributed by atoms with E-state index in [0.29, 0.717) is 0 Å². The molecule has 0 rings (SSSR count). The van der Waals surface area contributed by atoms with Crippen LogP contribution in [0, 0.1) is 0 Å². The monoisotopic (exact) mass is 402 g/mol. The molecule has 0 aromatic heterocycles. The van der Waals surface area contributed by atoms with Gasteiger partial charge in [0.05, 0.1) is 11.2 Å². The number of rotatable bonds is 19. The van der Waals surface area contributed by atoms with E-state index in [1.165, 1.54) is 89.1 Å². The van der Waals surface area contributed by atoms with Crippen LogP contribution in [-0.4, -0.2) is 30.7 Å². The van der Waals surface area contributed by atoms with Gasteiger partial charge in [0.2, 0.25) is 0 Å². The lowest BCUT2D eigenvalue weighted by molar-refractivity contribution is 0.0471. The zero-order chi connectivity index (χ0) is 19.7. The maximum atomic E-state index is 6.52. The standard InChI is InChI=1S/C22H50O2Si2/c1-7-15-21(11-5,16-8-2)23-25-19-13-14-20-26-24-22(12-6,17-9-3)18-10-4/h7-20,25-26H2,1-6H3. The molecule has 0 fully saturated rings. The first-order valence-corrected chi connectivity index (χ1v) is 15.0. The molecule has 0 amide bonds. The highest BCUT2D eigenvalue weighted by molar-refractivity contribution is 6.28. The van der Waals surface area contributed by atoms with E-state index in [2.05, 4.69) is 41.5 Å². The van der Waals surface area contributed by atoms with Gasteiger partial charge in [-0.25, -0.2) is 0 Å². The van der Waals surface area contributed by atoms with Crippen LogP contribution in [0.5, 0.6) is 0 Å². The van der Waals surface area contributed by atoms with Crippen molar-refractivity contribution in [3.8, 4) is 0 Å². The lowest BCUT2D eigenvalue weighted by atomic mass is 9.90. The molecular weight excluding hydrogens is 352 g/mol. The summed E-state index contributed by atoms with van der Waals surface area (Å²) in [5.74, 6) is 0. The van der Waals surface area contributed by atoms with Gasteiger partial charge in [-0.05, 0) is 50.6 Å². The van der Waals surface area contributed by atoms with Gasteiger partial charge in [0, 0.05) is 0 Å². The van der Waals surface area contributed by atoms with Crippen LogP contribution >= 0.6 is 0 Å².